The predicted octanol–water partition coefficient (Wildman–Crippen LogP) is 4.33. The van der Waals surface area contributed by atoms with Crippen LogP contribution in [0.3, 0.4) is 0 Å². The SMILES string of the molecule is O=C(COc1ccc2c(c1)CCC(=O)N2)Nc1ccc(Nc2ccccc2)cc1. The van der Waals surface area contributed by atoms with Crippen LogP contribution in [0.15, 0.2) is 72.8 Å². The van der Waals surface area contributed by atoms with Crippen molar-refractivity contribution in [1.29, 1.82) is 0 Å². The van der Waals surface area contributed by atoms with Gasteiger partial charge in [0.05, 0.1) is 0 Å². The molecule has 0 fully saturated rings. The Hall–Kier alpha value is -3.80. The zero-order valence-electron chi connectivity index (χ0n) is 15.8. The zero-order valence-corrected chi connectivity index (χ0v) is 15.8. The third-order valence-electron chi connectivity index (χ3n) is 4.57. The van der Waals surface area contributed by atoms with Crippen molar-refractivity contribution < 1.29 is 14.3 Å². The van der Waals surface area contributed by atoms with Gasteiger partial charge in [0.2, 0.25) is 5.91 Å². The standard InChI is InChI=1S/C23H21N3O3/c27-22-13-6-16-14-20(11-12-21(16)26-22)29-15-23(28)25-19-9-7-18(8-10-19)24-17-4-2-1-3-5-17/h1-5,7-12,14,24H,6,13,15H2,(H,25,28)(H,26,27). The Labute approximate surface area is 168 Å². The van der Waals surface area contributed by atoms with Crippen molar-refractivity contribution in [2.75, 3.05) is 22.6 Å². The molecule has 3 N–H and O–H groups in total. The van der Waals surface area contributed by atoms with Crippen LogP contribution in [0.5, 0.6) is 5.75 Å². The molecule has 0 saturated heterocycles. The van der Waals surface area contributed by atoms with E-state index in [4.69, 9.17) is 4.74 Å². The van der Waals surface area contributed by atoms with Gasteiger partial charge in [0.1, 0.15) is 5.75 Å². The van der Waals surface area contributed by atoms with E-state index in [1.165, 1.54) is 0 Å². The third-order valence-corrected chi connectivity index (χ3v) is 4.57. The lowest BCUT2D eigenvalue weighted by Gasteiger charge is -2.17. The van der Waals surface area contributed by atoms with E-state index in [9.17, 15) is 9.59 Å². The molecule has 0 aliphatic carbocycles. The fraction of sp³-hybridized carbons (Fsp3) is 0.130. The van der Waals surface area contributed by atoms with Crippen molar-refractivity contribution in [1.82, 2.24) is 0 Å². The van der Waals surface area contributed by atoms with Gasteiger partial charge in [-0.2, -0.15) is 0 Å². The number of rotatable bonds is 6. The maximum Gasteiger partial charge on any atom is 0.262 e. The number of hydrogen-bond acceptors (Lipinski definition) is 4. The molecule has 2 amide bonds. The Bertz CT molecular complexity index is 1020. The predicted molar refractivity (Wildman–Crippen MR) is 114 cm³/mol. The Balaban J connectivity index is 1.29. The minimum atomic E-state index is -0.236. The molecule has 0 atom stereocenters. The summed E-state index contributed by atoms with van der Waals surface area (Å²) in [7, 11) is 0. The molecule has 3 aromatic rings. The largest absolute Gasteiger partial charge is 0.484 e. The molecule has 146 valence electrons. The number of nitrogens with one attached hydrogen (secondary N) is 3. The molecule has 0 unspecified atom stereocenters. The van der Waals surface area contributed by atoms with E-state index in [1.807, 2.05) is 60.7 Å². The molecule has 0 saturated carbocycles. The summed E-state index contributed by atoms with van der Waals surface area (Å²) < 4.78 is 5.60. The molecule has 6 heteroatoms. The summed E-state index contributed by atoms with van der Waals surface area (Å²) in [5, 5.41) is 8.94. The van der Waals surface area contributed by atoms with E-state index < -0.39 is 0 Å². The van der Waals surface area contributed by atoms with Gasteiger partial charge in [0.25, 0.3) is 5.91 Å². The van der Waals surface area contributed by atoms with E-state index in [2.05, 4.69) is 16.0 Å². The molecular formula is C23H21N3O3. The number of hydrogen-bond donors (Lipinski definition) is 3. The monoisotopic (exact) mass is 387 g/mol. The van der Waals surface area contributed by atoms with Crippen molar-refractivity contribution in [3.05, 3.63) is 78.4 Å². The minimum Gasteiger partial charge on any atom is -0.484 e. The molecule has 0 radical (unpaired) electrons. The van der Waals surface area contributed by atoms with Crippen LogP contribution >= 0.6 is 0 Å². The number of aryl methyl sites for hydroxylation is 1. The molecule has 3 aromatic carbocycles. The van der Waals surface area contributed by atoms with Crippen molar-refractivity contribution >= 4 is 34.6 Å². The van der Waals surface area contributed by atoms with E-state index >= 15 is 0 Å². The molecule has 0 spiro atoms. The summed E-state index contributed by atoms with van der Waals surface area (Å²) in [6.07, 6.45) is 1.14. The first kappa shape index (κ1) is 18.6. The van der Waals surface area contributed by atoms with Crippen molar-refractivity contribution in [3.63, 3.8) is 0 Å². The molecule has 4 rings (SSSR count). The molecule has 1 aliphatic rings. The van der Waals surface area contributed by atoms with Gasteiger partial charge in [-0.25, -0.2) is 0 Å². The van der Waals surface area contributed by atoms with Crippen molar-refractivity contribution in [2.24, 2.45) is 0 Å². The van der Waals surface area contributed by atoms with Crippen LogP contribution in [0.2, 0.25) is 0 Å². The molecule has 1 aliphatic heterocycles. The van der Waals surface area contributed by atoms with E-state index in [0.717, 1.165) is 22.6 Å². The second-order valence-corrected chi connectivity index (χ2v) is 6.77. The van der Waals surface area contributed by atoms with Gasteiger partial charge < -0.3 is 20.7 Å². The molecule has 0 bridgehead atoms. The number of anilines is 4. The first-order chi connectivity index (χ1) is 14.2. The first-order valence-corrected chi connectivity index (χ1v) is 9.43. The third kappa shape index (κ3) is 4.93. The second-order valence-electron chi connectivity index (χ2n) is 6.77. The van der Waals surface area contributed by atoms with Gasteiger partial charge in [-0.1, -0.05) is 18.2 Å². The molecule has 6 nitrogen and oxygen atoms in total. The lowest BCUT2D eigenvalue weighted by molar-refractivity contribution is -0.118. The number of carbonyl (C=O) groups excluding carboxylic acids is 2. The van der Waals surface area contributed by atoms with E-state index in [0.29, 0.717) is 24.3 Å². The summed E-state index contributed by atoms with van der Waals surface area (Å²) in [4.78, 5) is 23.6. The summed E-state index contributed by atoms with van der Waals surface area (Å²) in [5.41, 5.74) is 4.46. The van der Waals surface area contributed by atoms with E-state index in [1.54, 1.807) is 12.1 Å². The van der Waals surface area contributed by atoms with Crippen LogP contribution in [0.4, 0.5) is 22.7 Å². The van der Waals surface area contributed by atoms with Gasteiger partial charge >= 0.3 is 0 Å². The van der Waals surface area contributed by atoms with Crippen LogP contribution in [0.25, 0.3) is 0 Å². The zero-order chi connectivity index (χ0) is 20.1. The fourth-order valence-corrected chi connectivity index (χ4v) is 3.12. The van der Waals surface area contributed by atoms with Crippen molar-refractivity contribution in [3.8, 4) is 5.75 Å². The molecule has 0 aromatic heterocycles. The van der Waals surface area contributed by atoms with Gasteiger partial charge in [-0.15, -0.1) is 0 Å². The topological polar surface area (TPSA) is 79.5 Å². The lowest BCUT2D eigenvalue weighted by Crippen LogP contribution is -2.21. The highest BCUT2D eigenvalue weighted by Crippen LogP contribution is 2.26. The van der Waals surface area contributed by atoms with Crippen molar-refractivity contribution in [2.45, 2.75) is 12.8 Å². The number of carbonyl (C=O) groups is 2. The van der Waals surface area contributed by atoms with E-state index in [-0.39, 0.29) is 18.4 Å². The first-order valence-electron chi connectivity index (χ1n) is 9.43. The van der Waals surface area contributed by atoms with Crippen LogP contribution in [0, 0.1) is 0 Å². The second kappa shape index (κ2) is 8.48. The smallest absolute Gasteiger partial charge is 0.262 e. The summed E-state index contributed by atoms with van der Waals surface area (Å²) in [6.45, 7) is -0.0881. The Morgan fingerprint density at radius 2 is 1.62 bits per heavy atom. The number of ether oxygens (including phenoxy) is 1. The number of fused-ring (bicyclic) bond motifs is 1. The number of para-hydroxylation sites is 1. The van der Waals surface area contributed by atoms with Crippen LogP contribution < -0.4 is 20.7 Å². The van der Waals surface area contributed by atoms with Gasteiger partial charge in [-0.05, 0) is 66.6 Å². The molecule has 1 heterocycles. The van der Waals surface area contributed by atoms with Gasteiger partial charge in [0.15, 0.2) is 6.61 Å². The molecular weight excluding hydrogens is 366 g/mol. The Morgan fingerprint density at radius 1 is 0.897 bits per heavy atom. The number of amides is 2. The average Bonchev–Trinajstić information content (AvgIpc) is 2.74. The highest BCUT2D eigenvalue weighted by atomic mass is 16.5. The van der Waals surface area contributed by atoms with Gasteiger partial charge in [0, 0.05) is 29.2 Å². The Kier molecular flexibility index (Phi) is 5.42. The highest BCUT2D eigenvalue weighted by Gasteiger charge is 2.15. The maximum absolute atomic E-state index is 12.2. The van der Waals surface area contributed by atoms with Crippen LogP contribution in [-0.2, 0) is 16.0 Å². The van der Waals surface area contributed by atoms with Gasteiger partial charge in [-0.3, -0.25) is 9.59 Å². The quantitative estimate of drug-likeness (QED) is 0.588. The lowest BCUT2D eigenvalue weighted by atomic mass is 10.0. The Morgan fingerprint density at radius 3 is 2.41 bits per heavy atom. The normalized spacial score (nSPS) is 12.5. The average molecular weight is 387 g/mol. The van der Waals surface area contributed by atoms with Crippen LogP contribution in [-0.4, -0.2) is 18.4 Å². The fourth-order valence-electron chi connectivity index (χ4n) is 3.12. The summed E-state index contributed by atoms with van der Waals surface area (Å²) in [5.74, 6) is 0.396. The van der Waals surface area contributed by atoms with Crippen LogP contribution in [0.1, 0.15) is 12.0 Å². The molecule has 29 heavy (non-hydrogen) atoms. The maximum atomic E-state index is 12.2. The number of benzene rings is 3. The summed E-state index contributed by atoms with van der Waals surface area (Å²) in [6, 6.07) is 22.8. The minimum absolute atomic E-state index is 0.0236. The highest BCUT2D eigenvalue weighted by molar-refractivity contribution is 5.94. The summed E-state index contributed by atoms with van der Waals surface area (Å²) >= 11 is 0.